The van der Waals surface area contributed by atoms with Crippen molar-refractivity contribution in [1.29, 1.82) is 0 Å². The lowest BCUT2D eigenvalue weighted by Gasteiger charge is -2.52. The normalized spacial score (nSPS) is 29.8. The van der Waals surface area contributed by atoms with Gasteiger partial charge in [0.05, 0.1) is 0 Å². The maximum Gasteiger partial charge on any atom is 0.411 e. The molecule has 1 N–H and O–H groups in total. The number of rotatable bonds is 4. The van der Waals surface area contributed by atoms with Crippen LogP contribution in [0.15, 0.2) is 24.3 Å². The van der Waals surface area contributed by atoms with Crippen molar-refractivity contribution in [1.82, 2.24) is 0 Å². The van der Waals surface area contributed by atoms with Gasteiger partial charge in [0.15, 0.2) is 0 Å². The molecule has 0 bridgehead atoms. The lowest BCUT2D eigenvalue weighted by molar-refractivity contribution is -0.0962. The number of anilines is 1. The molecular formula is C19H26ClNO2. The Morgan fingerprint density at radius 3 is 2.65 bits per heavy atom. The Hall–Kier alpha value is -1.22. The third-order valence-corrected chi connectivity index (χ3v) is 5.94. The Morgan fingerprint density at radius 2 is 2.04 bits per heavy atom. The molecule has 1 aromatic rings. The monoisotopic (exact) mass is 335 g/mol. The second kappa shape index (κ2) is 7.12. The molecule has 126 valence electrons. The van der Waals surface area contributed by atoms with Gasteiger partial charge in [-0.2, -0.15) is 0 Å². The van der Waals surface area contributed by atoms with Crippen LogP contribution in [-0.2, 0) is 4.74 Å². The van der Waals surface area contributed by atoms with Crippen molar-refractivity contribution in [2.75, 3.05) is 5.32 Å². The minimum atomic E-state index is -0.355. The minimum Gasteiger partial charge on any atom is -0.445 e. The average Bonchev–Trinajstić information content (AvgIpc) is 2.53. The second-order valence-corrected chi connectivity index (χ2v) is 7.60. The molecule has 0 unspecified atom stereocenters. The highest BCUT2D eigenvalue weighted by Gasteiger charge is 2.50. The Kier molecular flexibility index (Phi) is 5.15. The topological polar surface area (TPSA) is 38.3 Å². The Labute approximate surface area is 143 Å². The first kappa shape index (κ1) is 16.6. The molecule has 1 spiro atoms. The molecule has 1 aromatic carbocycles. The van der Waals surface area contributed by atoms with Crippen LogP contribution in [0.3, 0.4) is 0 Å². The molecule has 0 heterocycles. The molecule has 1 atom stereocenters. The van der Waals surface area contributed by atoms with Crippen molar-refractivity contribution >= 4 is 23.4 Å². The summed E-state index contributed by atoms with van der Waals surface area (Å²) in [6.45, 7) is 2.26. The molecule has 1 amide bonds. The molecule has 4 heteroatoms. The maximum absolute atomic E-state index is 12.1. The number of nitrogens with one attached hydrogen (secondary N) is 1. The van der Waals surface area contributed by atoms with E-state index in [4.69, 9.17) is 16.3 Å². The zero-order chi connectivity index (χ0) is 16.3. The minimum absolute atomic E-state index is 0.0873. The molecule has 2 aliphatic carbocycles. The van der Waals surface area contributed by atoms with Crippen LogP contribution in [0, 0.1) is 11.3 Å². The third kappa shape index (κ3) is 3.82. The van der Waals surface area contributed by atoms with E-state index < -0.39 is 0 Å². The number of carbonyl (C=O) groups excluding carboxylic acids is 1. The molecule has 0 radical (unpaired) electrons. The first-order valence-electron chi connectivity index (χ1n) is 8.84. The van der Waals surface area contributed by atoms with Gasteiger partial charge >= 0.3 is 6.09 Å². The molecule has 0 saturated heterocycles. The average molecular weight is 336 g/mol. The summed E-state index contributed by atoms with van der Waals surface area (Å²) < 4.78 is 5.73. The predicted molar refractivity (Wildman–Crippen MR) is 93.9 cm³/mol. The van der Waals surface area contributed by atoms with E-state index in [1.54, 1.807) is 12.1 Å². The van der Waals surface area contributed by atoms with E-state index in [1.165, 1.54) is 44.9 Å². The number of hydrogen-bond donors (Lipinski definition) is 1. The summed E-state index contributed by atoms with van der Waals surface area (Å²) in [4.78, 5) is 12.1. The van der Waals surface area contributed by atoms with Gasteiger partial charge in [-0.1, -0.05) is 37.4 Å². The van der Waals surface area contributed by atoms with E-state index >= 15 is 0 Å². The summed E-state index contributed by atoms with van der Waals surface area (Å²) in [5.41, 5.74) is 0.943. The Morgan fingerprint density at radius 1 is 1.30 bits per heavy atom. The molecule has 3 nitrogen and oxygen atoms in total. The maximum atomic E-state index is 12.1. The van der Waals surface area contributed by atoms with E-state index in [1.807, 2.05) is 12.1 Å². The molecule has 2 aliphatic rings. The van der Waals surface area contributed by atoms with Gasteiger partial charge in [-0.05, 0) is 62.6 Å². The largest absolute Gasteiger partial charge is 0.445 e. The van der Waals surface area contributed by atoms with Gasteiger partial charge in [-0.25, -0.2) is 4.79 Å². The zero-order valence-corrected chi connectivity index (χ0v) is 14.6. The van der Waals surface area contributed by atoms with Gasteiger partial charge in [0.1, 0.15) is 6.10 Å². The number of hydrogen-bond acceptors (Lipinski definition) is 2. The van der Waals surface area contributed by atoms with Crippen LogP contribution in [0.2, 0.25) is 5.02 Å². The smallest absolute Gasteiger partial charge is 0.411 e. The van der Waals surface area contributed by atoms with Crippen LogP contribution in [-0.4, -0.2) is 12.2 Å². The fourth-order valence-corrected chi connectivity index (χ4v) is 4.41. The van der Waals surface area contributed by atoms with Crippen LogP contribution in [0.5, 0.6) is 0 Å². The summed E-state index contributed by atoms with van der Waals surface area (Å²) in [5, 5.41) is 3.40. The predicted octanol–water partition coefficient (Wildman–Crippen LogP) is 6.03. The molecule has 23 heavy (non-hydrogen) atoms. The van der Waals surface area contributed by atoms with Gasteiger partial charge in [0, 0.05) is 16.1 Å². The zero-order valence-electron chi connectivity index (χ0n) is 13.8. The van der Waals surface area contributed by atoms with E-state index in [9.17, 15) is 4.79 Å². The van der Waals surface area contributed by atoms with E-state index in [0.717, 1.165) is 12.3 Å². The van der Waals surface area contributed by atoms with Gasteiger partial charge in [0.25, 0.3) is 0 Å². The lowest BCUT2D eigenvalue weighted by Crippen LogP contribution is -2.50. The number of benzene rings is 1. The van der Waals surface area contributed by atoms with Crippen LogP contribution in [0.1, 0.15) is 58.3 Å². The fraction of sp³-hybridized carbons (Fsp3) is 0.632. The first-order chi connectivity index (χ1) is 11.1. The Balaban J connectivity index is 1.51. The number of halogens is 1. The van der Waals surface area contributed by atoms with Crippen LogP contribution in [0.25, 0.3) is 0 Å². The van der Waals surface area contributed by atoms with Crippen LogP contribution < -0.4 is 5.32 Å². The van der Waals surface area contributed by atoms with Crippen LogP contribution >= 0.6 is 11.6 Å². The molecule has 3 rings (SSSR count). The SMILES string of the molecule is CCCC1CCC2(CC1)CC[C@H]2OC(=O)Nc1cccc(Cl)c1. The van der Waals surface area contributed by atoms with Gasteiger partial charge in [0.2, 0.25) is 0 Å². The number of amides is 1. The number of ether oxygens (including phenoxy) is 1. The third-order valence-electron chi connectivity index (χ3n) is 5.71. The van der Waals surface area contributed by atoms with Crippen molar-refractivity contribution in [2.24, 2.45) is 11.3 Å². The van der Waals surface area contributed by atoms with Crippen molar-refractivity contribution in [3.8, 4) is 0 Å². The number of carbonyl (C=O) groups is 1. The van der Waals surface area contributed by atoms with Crippen molar-refractivity contribution < 1.29 is 9.53 Å². The molecule has 2 fully saturated rings. The first-order valence-corrected chi connectivity index (χ1v) is 9.22. The summed E-state index contributed by atoms with van der Waals surface area (Å²) in [7, 11) is 0. The molecule has 0 aliphatic heterocycles. The van der Waals surface area contributed by atoms with E-state index in [2.05, 4.69) is 12.2 Å². The molecule has 2 saturated carbocycles. The summed E-state index contributed by atoms with van der Waals surface area (Å²) >= 11 is 5.94. The van der Waals surface area contributed by atoms with Crippen molar-refractivity contribution in [3.63, 3.8) is 0 Å². The standard InChI is InChI=1S/C19H26ClNO2/c1-2-4-14-7-10-19(11-8-14)12-9-17(19)23-18(22)21-16-6-3-5-15(20)13-16/h3,5-6,13-14,17H,2,4,7-12H2,1H3,(H,21,22)/t14?,17-,19?/m1/s1. The van der Waals surface area contributed by atoms with Crippen molar-refractivity contribution in [3.05, 3.63) is 29.3 Å². The van der Waals surface area contributed by atoms with Gasteiger partial charge in [-0.15, -0.1) is 0 Å². The van der Waals surface area contributed by atoms with E-state index in [-0.39, 0.29) is 17.6 Å². The molecule has 0 aromatic heterocycles. The highest BCUT2D eigenvalue weighted by atomic mass is 35.5. The molecular weight excluding hydrogens is 310 g/mol. The summed E-state index contributed by atoms with van der Waals surface area (Å²) in [6, 6.07) is 7.15. The van der Waals surface area contributed by atoms with Crippen molar-refractivity contribution in [2.45, 2.75) is 64.4 Å². The van der Waals surface area contributed by atoms with E-state index in [0.29, 0.717) is 10.7 Å². The lowest BCUT2D eigenvalue weighted by atomic mass is 9.57. The quantitative estimate of drug-likeness (QED) is 0.729. The summed E-state index contributed by atoms with van der Waals surface area (Å²) in [6.07, 6.45) is 9.59. The van der Waals surface area contributed by atoms with Gasteiger partial charge in [-0.3, -0.25) is 5.32 Å². The highest BCUT2D eigenvalue weighted by Crippen LogP contribution is 2.54. The Bertz CT molecular complexity index is 552. The highest BCUT2D eigenvalue weighted by molar-refractivity contribution is 6.30. The summed E-state index contributed by atoms with van der Waals surface area (Å²) in [5.74, 6) is 0.882. The van der Waals surface area contributed by atoms with Gasteiger partial charge < -0.3 is 4.74 Å². The second-order valence-electron chi connectivity index (χ2n) is 7.16. The van der Waals surface area contributed by atoms with Crippen LogP contribution in [0.4, 0.5) is 10.5 Å². The fourth-order valence-electron chi connectivity index (χ4n) is 4.22.